The molecule has 0 aromatic heterocycles. The van der Waals surface area contributed by atoms with E-state index in [4.69, 9.17) is 4.99 Å². The van der Waals surface area contributed by atoms with E-state index in [1.165, 1.54) is 57.0 Å². The molecule has 0 saturated carbocycles. The Hall–Kier alpha value is -0.373. The van der Waals surface area contributed by atoms with E-state index in [1.807, 2.05) is 0 Å². The summed E-state index contributed by atoms with van der Waals surface area (Å²) in [4.78, 5) is 5.03. The van der Waals surface area contributed by atoms with Gasteiger partial charge in [0.2, 0.25) is 0 Å². The van der Waals surface area contributed by atoms with Gasteiger partial charge in [-0.15, -0.1) is 0 Å². The van der Waals surface area contributed by atoms with Crippen LogP contribution in [0.4, 0.5) is 0 Å². The molecule has 0 bridgehead atoms. The molecule has 1 heterocycles. The van der Waals surface area contributed by atoms with E-state index in [1.54, 1.807) is 5.71 Å². The minimum atomic E-state index is -1.24. The first kappa shape index (κ1) is 17.7. The van der Waals surface area contributed by atoms with Crippen LogP contribution in [-0.4, -0.2) is 20.3 Å². The van der Waals surface area contributed by atoms with Gasteiger partial charge in [-0.2, -0.15) is 0 Å². The standard InChI is InChI=1S/C18H35NSi/c1-5-12-18(20(4,15-6-2)16-7-3)17-13-10-8-9-11-14-19-17/h5,12,18H,6-11,13-16H2,1-4H3/b12-5+,19-17?. The van der Waals surface area contributed by atoms with Gasteiger partial charge >= 0.3 is 0 Å². The monoisotopic (exact) mass is 293 g/mol. The molecule has 20 heavy (non-hydrogen) atoms. The molecule has 1 aliphatic heterocycles. The summed E-state index contributed by atoms with van der Waals surface area (Å²) in [5, 5.41) is 0. The molecule has 116 valence electrons. The fourth-order valence-corrected chi connectivity index (χ4v) is 8.70. The van der Waals surface area contributed by atoms with Crippen molar-refractivity contribution in [2.75, 3.05) is 6.54 Å². The highest BCUT2D eigenvalue weighted by Gasteiger charge is 2.36. The Morgan fingerprint density at radius 3 is 2.35 bits per heavy atom. The van der Waals surface area contributed by atoms with Crippen molar-refractivity contribution >= 4 is 13.8 Å². The largest absolute Gasteiger partial charge is 0.294 e. The second-order valence-corrected chi connectivity index (χ2v) is 11.6. The molecule has 0 saturated heterocycles. The number of allylic oxidation sites excluding steroid dienone is 2. The van der Waals surface area contributed by atoms with Crippen LogP contribution in [0.1, 0.15) is 65.7 Å². The summed E-state index contributed by atoms with van der Waals surface area (Å²) >= 11 is 0. The van der Waals surface area contributed by atoms with Gasteiger partial charge < -0.3 is 0 Å². The fourth-order valence-electron chi connectivity index (χ4n) is 3.84. The Labute approximate surface area is 128 Å². The molecule has 1 unspecified atom stereocenters. The third kappa shape index (κ3) is 5.20. The smallest absolute Gasteiger partial charge is 0.0642 e. The Bertz CT molecular complexity index is 313. The molecule has 0 radical (unpaired) electrons. The highest BCUT2D eigenvalue weighted by atomic mass is 28.3. The van der Waals surface area contributed by atoms with E-state index in [2.05, 4.69) is 39.5 Å². The number of aliphatic imine (C=N–C) groups is 1. The lowest BCUT2D eigenvalue weighted by Crippen LogP contribution is -2.39. The van der Waals surface area contributed by atoms with Crippen molar-refractivity contribution < 1.29 is 0 Å². The summed E-state index contributed by atoms with van der Waals surface area (Å²) in [6.45, 7) is 10.6. The summed E-state index contributed by atoms with van der Waals surface area (Å²) < 4.78 is 0. The quantitative estimate of drug-likeness (QED) is 0.389. The van der Waals surface area contributed by atoms with Crippen LogP contribution in [0.15, 0.2) is 17.1 Å². The number of hydrogen-bond acceptors (Lipinski definition) is 1. The van der Waals surface area contributed by atoms with Crippen LogP contribution in [0.2, 0.25) is 24.2 Å². The van der Waals surface area contributed by atoms with Gasteiger partial charge in [-0.3, -0.25) is 4.99 Å². The highest BCUT2D eigenvalue weighted by molar-refractivity contribution is 6.83. The van der Waals surface area contributed by atoms with Gasteiger partial charge in [0.25, 0.3) is 0 Å². The number of rotatable bonds is 7. The van der Waals surface area contributed by atoms with Gasteiger partial charge in [0.15, 0.2) is 0 Å². The molecule has 0 fully saturated rings. The van der Waals surface area contributed by atoms with Gasteiger partial charge in [-0.25, -0.2) is 0 Å². The summed E-state index contributed by atoms with van der Waals surface area (Å²) in [5.41, 5.74) is 2.25. The average molecular weight is 294 g/mol. The zero-order valence-corrected chi connectivity index (χ0v) is 15.3. The first-order valence-corrected chi connectivity index (χ1v) is 11.8. The maximum atomic E-state index is 5.03. The Balaban J connectivity index is 2.99. The van der Waals surface area contributed by atoms with E-state index in [-0.39, 0.29) is 0 Å². The van der Waals surface area contributed by atoms with Crippen LogP contribution in [-0.2, 0) is 0 Å². The Morgan fingerprint density at radius 2 is 1.75 bits per heavy atom. The molecule has 0 aromatic rings. The van der Waals surface area contributed by atoms with E-state index < -0.39 is 8.07 Å². The lowest BCUT2D eigenvalue weighted by Gasteiger charge is -2.35. The fraction of sp³-hybridized carbons (Fsp3) is 0.833. The first-order valence-electron chi connectivity index (χ1n) is 8.84. The van der Waals surface area contributed by atoms with Gasteiger partial charge in [0.1, 0.15) is 0 Å². The van der Waals surface area contributed by atoms with Crippen molar-refractivity contribution in [3.63, 3.8) is 0 Å². The van der Waals surface area contributed by atoms with Gasteiger partial charge in [0, 0.05) is 17.8 Å². The van der Waals surface area contributed by atoms with Crippen molar-refractivity contribution in [2.24, 2.45) is 4.99 Å². The van der Waals surface area contributed by atoms with Crippen molar-refractivity contribution in [2.45, 2.75) is 89.9 Å². The van der Waals surface area contributed by atoms with Crippen LogP contribution in [0.3, 0.4) is 0 Å². The van der Waals surface area contributed by atoms with E-state index in [0.29, 0.717) is 5.54 Å². The molecular formula is C18H35NSi. The van der Waals surface area contributed by atoms with E-state index in [0.717, 1.165) is 6.54 Å². The third-order valence-electron chi connectivity index (χ3n) is 4.79. The molecular weight excluding hydrogens is 258 g/mol. The third-order valence-corrected chi connectivity index (χ3v) is 10.1. The zero-order chi connectivity index (χ0) is 14.8. The maximum Gasteiger partial charge on any atom is 0.0642 e. The van der Waals surface area contributed by atoms with Crippen LogP contribution in [0, 0.1) is 0 Å². The molecule has 0 amide bonds. The molecule has 2 heteroatoms. The van der Waals surface area contributed by atoms with Crippen LogP contribution >= 0.6 is 0 Å². The molecule has 0 spiro atoms. The predicted octanol–water partition coefficient (Wildman–Crippen LogP) is 6.24. The van der Waals surface area contributed by atoms with Gasteiger partial charge in [-0.1, -0.05) is 70.3 Å². The SMILES string of the molecule is C/C=C/C(C1=NCCCCCC1)[Si](C)(CCC)CCC. The lowest BCUT2D eigenvalue weighted by molar-refractivity contribution is 0.640. The maximum absolute atomic E-state index is 5.03. The topological polar surface area (TPSA) is 12.4 Å². The normalized spacial score (nSPS) is 19.5. The Morgan fingerprint density at radius 1 is 1.10 bits per heavy atom. The minimum absolute atomic E-state index is 0.700. The molecule has 1 aliphatic rings. The lowest BCUT2D eigenvalue weighted by atomic mass is 10.0. The van der Waals surface area contributed by atoms with Crippen molar-refractivity contribution in [3.05, 3.63) is 12.2 Å². The molecule has 0 aliphatic carbocycles. The van der Waals surface area contributed by atoms with Crippen molar-refractivity contribution in [3.8, 4) is 0 Å². The second kappa shape index (κ2) is 9.54. The summed E-state index contributed by atoms with van der Waals surface area (Å²) in [6.07, 6.45) is 14.1. The average Bonchev–Trinajstić information content (AvgIpc) is 2.37. The summed E-state index contributed by atoms with van der Waals surface area (Å²) in [6, 6.07) is 2.91. The summed E-state index contributed by atoms with van der Waals surface area (Å²) in [5.74, 6) is 0. The first-order chi connectivity index (χ1) is 9.68. The number of hydrogen-bond donors (Lipinski definition) is 0. The minimum Gasteiger partial charge on any atom is -0.294 e. The molecule has 0 aromatic carbocycles. The van der Waals surface area contributed by atoms with Crippen molar-refractivity contribution in [1.82, 2.24) is 0 Å². The second-order valence-electron chi connectivity index (χ2n) is 6.69. The van der Waals surface area contributed by atoms with Crippen molar-refractivity contribution in [1.29, 1.82) is 0 Å². The molecule has 1 rings (SSSR count). The Kier molecular flexibility index (Phi) is 8.43. The molecule has 1 atom stereocenters. The predicted molar refractivity (Wildman–Crippen MR) is 95.8 cm³/mol. The van der Waals surface area contributed by atoms with E-state index >= 15 is 0 Å². The van der Waals surface area contributed by atoms with E-state index in [9.17, 15) is 0 Å². The molecule has 1 nitrogen and oxygen atoms in total. The zero-order valence-electron chi connectivity index (χ0n) is 14.3. The van der Waals surface area contributed by atoms with Gasteiger partial charge in [0.05, 0.1) is 8.07 Å². The van der Waals surface area contributed by atoms with Crippen LogP contribution < -0.4 is 0 Å². The number of nitrogens with zero attached hydrogens (tertiary/aromatic N) is 1. The van der Waals surface area contributed by atoms with Gasteiger partial charge in [-0.05, 0) is 26.2 Å². The molecule has 0 N–H and O–H groups in total. The van der Waals surface area contributed by atoms with Crippen LogP contribution in [0.5, 0.6) is 0 Å². The summed E-state index contributed by atoms with van der Waals surface area (Å²) in [7, 11) is -1.24. The van der Waals surface area contributed by atoms with Crippen LogP contribution in [0.25, 0.3) is 0 Å². The highest BCUT2D eigenvalue weighted by Crippen LogP contribution is 2.36.